The summed E-state index contributed by atoms with van der Waals surface area (Å²) in [7, 11) is 4.68. The number of hydrogen-bond donors (Lipinski definition) is 0. The number of rotatable bonds is 13. The van der Waals surface area contributed by atoms with Gasteiger partial charge in [0.25, 0.3) is 0 Å². The van der Waals surface area contributed by atoms with Crippen molar-refractivity contribution in [3.05, 3.63) is 54.1 Å². The lowest BCUT2D eigenvalue weighted by Crippen LogP contribution is -2.50. The van der Waals surface area contributed by atoms with Crippen molar-refractivity contribution in [2.24, 2.45) is 17.3 Å². The number of hydrogen-bond acceptors (Lipinski definition) is 2. The summed E-state index contributed by atoms with van der Waals surface area (Å²) in [6.45, 7) is 13.5. The molecule has 0 N–H and O–H groups in total. The Balaban J connectivity index is 1.80. The topological polar surface area (TPSA) is 18.5 Å². The molecule has 0 fully saturated rings. The smallest absolute Gasteiger partial charge is 0.119 e. The molecule has 1 aliphatic rings. The average Bonchev–Trinajstić information content (AvgIpc) is 2.66. The fourth-order valence-corrected chi connectivity index (χ4v) is 4.60. The third-order valence-corrected chi connectivity index (χ3v) is 5.70. The van der Waals surface area contributed by atoms with Gasteiger partial charge in [0.05, 0.1) is 33.9 Å². The van der Waals surface area contributed by atoms with E-state index < -0.39 is 0 Å². The molecule has 0 radical (unpaired) electrons. The summed E-state index contributed by atoms with van der Waals surface area (Å²) in [6, 6.07) is 9.94. The van der Waals surface area contributed by atoms with Crippen LogP contribution in [-0.4, -0.2) is 51.5 Å². The number of benzene rings is 1. The Labute approximate surface area is 185 Å². The molecule has 0 aromatic heterocycles. The molecule has 3 heteroatoms. The molecule has 0 spiro atoms. The SMILES string of the molecule is CC(C)CC1=CCC(CC(C)C)(C[N+](C)(C)CCOCCOc2ccccc2)C=C1. The van der Waals surface area contributed by atoms with Gasteiger partial charge in [0, 0.05) is 5.41 Å². The molecular formula is C27H44NO2+. The largest absolute Gasteiger partial charge is 0.491 e. The maximum Gasteiger partial charge on any atom is 0.119 e. The Morgan fingerprint density at radius 2 is 1.70 bits per heavy atom. The van der Waals surface area contributed by atoms with E-state index in [0.29, 0.717) is 25.0 Å². The first-order chi connectivity index (χ1) is 14.2. The van der Waals surface area contributed by atoms with Gasteiger partial charge < -0.3 is 14.0 Å². The summed E-state index contributed by atoms with van der Waals surface area (Å²) in [5.41, 5.74) is 1.77. The van der Waals surface area contributed by atoms with Crippen LogP contribution in [0.3, 0.4) is 0 Å². The van der Waals surface area contributed by atoms with Gasteiger partial charge in [0.2, 0.25) is 0 Å². The van der Waals surface area contributed by atoms with Crippen molar-refractivity contribution in [1.82, 2.24) is 0 Å². The number of likely N-dealkylation sites (N-methyl/N-ethyl adjacent to an activating group) is 1. The van der Waals surface area contributed by atoms with Crippen molar-refractivity contribution >= 4 is 0 Å². The zero-order valence-corrected chi connectivity index (χ0v) is 20.2. The van der Waals surface area contributed by atoms with E-state index in [9.17, 15) is 0 Å². The molecule has 0 heterocycles. The molecule has 168 valence electrons. The molecule has 0 bridgehead atoms. The summed E-state index contributed by atoms with van der Waals surface area (Å²) in [5, 5.41) is 0. The van der Waals surface area contributed by atoms with Crippen LogP contribution in [-0.2, 0) is 4.74 Å². The van der Waals surface area contributed by atoms with E-state index in [4.69, 9.17) is 9.47 Å². The molecule has 2 rings (SSSR count). The summed E-state index contributed by atoms with van der Waals surface area (Å²) >= 11 is 0. The highest BCUT2D eigenvalue weighted by atomic mass is 16.5. The molecule has 30 heavy (non-hydrogen) atoms. The van der Waals surface area contributed by atoms with E-state index >= 15 is 0 Å². The minimum atomic E-state index is 0.258. The van der Waals surface area contributed by atoms with Gasteiger partial charge in [-0.2, -0.15) is 0 Å². The molecule has 1 aliphatic carbocycles. The van der Waals surface area contributed by atoms with Gasteiger partial charge in [-0.3, -0.25) is 0 Å². The molecule has 3 nitrogen and oxygen atoms in total. The minimum Gasteiger partial charge on any atom is -0.491 e. The summed E-state index contributed by atoms with van der Waals surface area (Å²) in [6.07, 6.45) is 11.0. The zero-order valence-electron chi connectivity index (χ0n) is 20.2. The molecule has 0 saturated heterocycles. The van der Waals surface area contributed by atoms with Crippen LogP contribution in [0.5, 0.6) is 5.75 Å². The second-order valence-corrected chi connectivity index (χ2v) is 10.5. The van der Waals surface area contributed by atoms with Gasteiger partial charge in [-0.25, -0.2) is 0 Å². The Morgan fingerprint density at radius 3 is 2.30 bits per heavy atom. The van der Waals surface area contributed by atoms with Gasteiger partial charge in [0.1, 0.15) is 18.9 Å². The lowest BCUT2D eigenvalue weighted by Gasteiger charge is -2.41. The van der Waals surface area contributed by atoms with Crippen molar-refractivity contribution in [3.8, 4) is 5.75 Å². The maximum atomic E-state index is 5.88. The highest BCUT2D eigenvalue weighted by molar-refractivity contribution is 5.27. The lowest BCUT2D eigenvalue weighted by atomic mass is 9.73. The quantitative estimate of drug-likeness (QED) is 0.286. The third-order valence-electron chi connectivity index (χ3n) is 5.70. The van der Waals surface area contributed by atoms with Crippen molar-refractivity contribution in [2.45, 2.75) is 47.0 Å². The van der Waals surface area contributed by atoms with Gasteiger partial charge >= 0.3 is 0 Å². The molecule has 0 aliphatic heterocycles. The van der Waals surface area contributed by atoms with Crippen molar-refractivity contribution in [2.75, 3.05) is 47.0 Å². The Bertz CT molecular complexity index is 675. The third kappa shape index (κ3) is 9.06. The zero-order chi connectivity index (χ0) is 22.0. The van der Waals surface area contributed by atoms with E-state index in [1.54, 1.807) is 0 Å². The standard InChI is InChI=1S/C27H44NO2/c1-23(2)20-25-12-14-27(15-13-25,21-24(3)4)22-28(5,6)16-17-29-18-19-30-26-10-8-7-9-11-26/h7-14,23-24H,15-22H2,1-6H3/q+1. The monoisotopic (exact) mass is 414 g/mol. The van der Waals surface area contributed by atoms with E-state index in [-0.39, 0.29) is 5.41 Å². The first-order valence-corrected chi connectivity index (χ1v) is 11.7. The molecule has 0 amide bonds. The van der Waals surface area contributed by atoms with Crippen LogP contribution >= 0.6 is 0 Å². The summed E-state index contributed by atoms with van der Waals surface area (Å²) < 4.78 is 12.6. The number of ether oxygens (including phenoxy) is 2. The molecule has 1 atom stereocenters. The van der Waals surface area contributed by atoms with E-state index in [2.05, 4.69) is 60.0 Å². The Kier molecular flexibility index (Phi) is 9.64. The van der Waals surface area contributed by atoms with Crippen LogP contribution in [0.2, 0.25) is 0 Å². The number of quaternary nitrogens is 1. The van der Waals surface area contributed by atoms with Crippen LogP contribution in [0, 0.1) is 17.3 Å². The van der Waals surface area contributed by atoms with Crippen molar-refractivity contribution in [1.29, 1.82) is 0 Å². The molecule has 1 aromatic carbocycles. The number of allylic oxidation sites excluding steroid dienone is 3. The first-order valence-electron chi connectivity index (χ1n) is 11.7. The van der Waals surface area contributed by atoms with Crippen LogP contribution in [0.25, 0.3) is 0 Å². The van der Waals surface area contributed by atoms with Gasteiger partial charge in [-0.15, -0.1) is 0 Å². The molecule has 1 unspecified atom stereocenters. The predicted molar refractivity (Wildman–Crippen MR) is 128 cm³/mol. The van der Waals surface area contributed by atoms with Crippen LogP contribution in [0.15, 0.2) is 54.1 Å². The minimum absolute atomic E-state index is 0.258. The Morgan fingerprint density at radius 1 is 0.967 bits per heavy atom. The molecular weight excluding hydrogens is 370 g/mol. The molecule has 1 aromatic rings. The predicted octanol–water partition coefficient (Wildman–Crippen LogP) is 6.12. The van der Waals surface area contributed by atoms with Gasteiger partial charge in [-0.1, -0.05) is 69.7 Å². The number of nitrogens with zero attached hydrogens (tertiary/aromatic N) is 1. The second kappa shape index (κ2) is 11.7. The summed E-state index contributed by atoms with van der Waals surface area (Å²) in [4.78, 5) is 0. The van der Waals surface area contributed by atoms with E-state index in [0.717, 1.165) is 36.3 Å². The van der Waals surface area contributed by atoms with Crippen LogP contribution in [0.1, 0.15) is 47.0 Å². The Hall–Kier alpha value is -1.58. The van der Waals surface area contributed by atoms with Crippen LogP contribution in [0.4, 0.5) is 0 Å². The van der Waals surface area contributed by atoms with Gasteiger partial charge in [-0.05, 0) is 43.2 Å². The average molecular weight is 415 g/mol. The first kappa shape index (κ1) is 24.7. The van der Waals surface area contributed by atoms with Crippen molar-refractivity contribution < 1.29 is 14.0 Å². The van der Waals surface area contributed by atoms with E-state index in [1.807, 2.05) is 30.3 Å². The maximum absolute atomic E-state index is 5.88. The normalized spacial score (nSPS) is 19.4. The van der Waals surface area contributed by atoms with Crippen LogP contribution < -0.4 is 4.74 Å². The second-order valence-electron chi connectivity index (χ2n) is 10.5. The van der Waals surface area contributed by atoms with Crippen molar-refractivity contribution in [3.63, 3.8) is 0 Å². The number of para-hydroxylation sites is 1. The highest BCUT2D eigenvalue weighted by Gasteiger charge is 2.36. The fraction of sp³-hybridized carbons (Fsp3) is 0.630. The lowest BCUT2D eigenvalue weighted by molar-refractivity contribution is -0.896. The molecule has 0 saturated carbocycles. The van der Waals surface area contributed by atoms with E-state index in [1.165, 1.54) is 18.4 Å². The highest BCUT2D eigenvalue weighted by Crippen LogP contribution is 2.39. The van der Waals surface area contributed by atoms with Gasteiger partial charge in [0.15, 0.2) is 0 Å². The summed E-state index contributed by atoms with van der Waals surface area (Å²) in [5.74, 6) is 2.32. The fourth-order valence-electron chi connectivity index (χ4n) is 4.60.